The molecule has 4 rings (SSSR count). The van der Waals surface area contributed by atoms with Crippen LogP contribution in [0.25, 0.3) is 11.1 Å². The van der Waals surface area contributed by atoms with Gasteiger partial charge in [-0.3, -0.25) is 14.6 Å². The summed E-state index contributed by atoms with van der Waals surface area (Å²) in [5.74, 6) is -2.99. The molecule has 2 amide bonds. The number of azo groups is 2. The highest BCUT2D eigenvalue weighted by atomic mass is 79.9. The van der Waals surface area contributed by atoms with E-state index in [4.69, 9.17) is 5.73 Å². The Morgan fingerprint density at radius 3 is 2.54 bits per heavy atom. The van der Waals surface area contributed by atoms with Crippen molar-refractivity contribution < 1.29 is 36.2 Å². The van der Waals surface area contributed by atoms with Crippen molar-refractivity contribution in [2.24, 2.45) is 10.8 Å². The van der Waals surface area contributed by atoms with Gasteiger partial charge in [0.05, 0.1) is 17.3 Å². The zero-order valence-electron chi connectivity index (χ0n) is 19.9. The van der Waals surface area contributed by atoms with Gasteiger partial charge >= 0.3 is 6.18 Å². The molecule has 0 saturated heterocycles. The number of rotatable bonds is 8. The number of hydrogen-bond donors (Lipinski definition) is 2. The van der Waals surface area contributed by atoms with Crippen LogP contribution in [0.2, 0.25) is 0 Å². The Bertz CT molecular complexity index is 1490. The molecule has 0 fully saturated rings. The molecule has 1 unspecified atom stereocenters. The van der Waals surface area contributed by atoms with Crippen molar-refractivity contribution in [3.8, 4) is 11.1 Å². The topological polar surface area (TPSA) is 100 Å². The van der Waals surface area contributed by atoms with Gasteiger partial charge in [-0.05, 0) is 53.0 Å². The monoisotopic (exact) mass is 608 g/mol. The molecule has 2 atom stereocenters. The Labute approximate surface area is 227 Å². The number of carbonyl (C=O) groups excluding carboxylic acids is 2. The third kappa shape index (κ3) is 6.72. The standard InChI is InChI=1S/C26H19BrF5N5O2/c27-22-12-21(26(30,31)32)36-37(22)13-23(38)35-20(10-14-3-1-4-16(28)9-14)24-17(5-2-8-34-24)15-6-7-19(29)18(11-15)25(33)39/h1-9,11-12,20-21H,10,13H2,(H2-,33,35,38,39)/p+1/t20-,21?/m0/s1. The molecule has 0 aliphatic carbocycles. The fourth-order valence-corrected chi connectivity index (χ4v) is 4.51. The second-order valence-electron chi connectivity index (χ2n) is 8.60. The molecule has 0 saturated carbocycles. The number of alkyl halides is 3. The average molecular weight is 609 g/mol. The van der Waals surface area contributed by atoms with Gasteiger partial charge in [0.1, 0.15) is 11.6 Å². The minimum Gasteiger partial charge on any atom is -0.366 e. The van der Waals surface area contributed by atoms with E-state index in [9.17, 15) is 31.5 Å². The lowest BCUT2D eigenvalue weighted by atomic mass is 9.94. The number of aromatic nitrogens is 1. The van der Waals surface area contributed by atoms with Crippen LogP contribution in [0.1, 0.15) is 27.7 Å². The second-order valence-corrected chi connectivity index (χ2v) is 9.41. The zero-order valence-corrected chi connectivity index (χ0v) is 21.5. The van der Waals surface area contributed by atoms with E-state index in [-0.39, 0.29) is 16.6 Å². The Morgan fingerprint density at radius 2 is 1.87 bits per heavy atom. The van der Waals surface area contributed by atoms with Crippen LogP contribution in [0.4, 0.5) is 22.0 Å². The summed E-state index contributed by atoms with van der Waals surface area (Å²) in [5, 5.41) is 6.26. The van der Waals surface area contributed by atoms with E-state index in [1.54, 1.807) is 18.2 Å². The van der Waals surface area contributed by atoms with Crippen molar-refractivity contribution in [3.05, 3.63) is 99.9 Å². The number of nitrogens with zero attached hydrogens (tertiary/aromatic N) is 3. The van der Waals surface area contributed by atoms with Gasteiger partial charge in [0, 0.05) is 33.8 Å². The molecule has 0 radical (unpaired) electrons. The maximum Gasteiger partial charge on any atom is 0.420 e. The van der Waals surface area contributed by atoms with E-state index in [1.807, 2.05) is 0 Å². The summed E-state index contributed by atoms with van der Waals surface area (Å²) in [4.78, 5) is 29.1. The lowest BCUT2D eigenvalue weighted by Gasteiger charge is -2.21. The molecule has 2 heterocycles. The van der Waals surface area contributed by atoms with E-state index in [2.05, 4.69) is 31.3 Å². The normalized spacial score (nSPS) is 15.9. The third-order valence-corrected chi connectivity index (χ3v) is 6.48. The Morgan fingerprint density at radius 1 is 1.10 bits per heavy atom. The summed E-state index contributed by atoms with van der Waals surface area (Å²) in [7, 11) is 0. The van der Waals surface area contributed by atoms with Crippen molar-refractivity contribution in [1.82, 2.24) is 10.3 Å². The van der Waals surface area contributed by atoms with E-state index >= 15 is 0 Å². The molecule has 39 heavy (non-hydrogen) atoms. The number of amides is 2. The maximum absolute atomic E-state index is 14.1. The van der Waals surface area contributed by atoms with Crippen LogP contribution >= 0.6 is 15.9 Å². The SMILES string of the molecule is NC(=O)c1cc(-c2cccnc2[C@H](Cc2cccc(F)c2)NC(=O)C[N+]2=NC(C(F)(F)F)C=C2Br)ccc1F. The third-order valence-electron chi connectivity index (χ3n) is 5.81. The van der Waals surface area contributed by atoms with Gasteiger partial charge in [-0.15, -0.1) is 0 Å². The smallest absolute Gasteiger partial charge is 0.366 e. The lowest BCUT2D eigenvalue weighted by Crippen LogP contribution is -2.35. The van der Waals surface area contributed by atoms with Gasteiger partial charge in [-0.2, -0.15) is 13.2 Å². The first-order valence-electron chi connectivity index (χ1n) is 11.4. The van der Waals surface area contributed by atoms with Crippen molar-refractivity contribution in [1.29, 1.82) is 0 Å². The first-order chi connectivity index (χ1) is 18.4. The van der Waals surface area contributed by atoms with E-state index < -0.39 is 48.3 Å². The van der Waals surface area contributed by atoms with E-state index in [0.29, 0.717) is 22.4 Å². The van der Waals surface area contributed by atoms with Crippen LogP contribution in [0.15, 0.2) is 76.6 Å². The summed E-state index contributed by atoms with van der Waals surface area (Å²) in [6.07, 6.45) is -2.28. The highest BCUT2D eigenvalue weighted by molar-refractivity contribution is 9.11. The molecule has 3 aromatic rings. The minimum atomic E-state index is -4.62. The van der Waals surface area contributed by atoms with Gasteiger partial charge in [0.25, 0.3) is 23.0 Å². The van der Waals surface area contributed by atoms with Crippen molar-refractivity contribution in [2.75, 3.05) is 6.54 Å². The fraction of sp³-hybridized carbons (Fsp3) is 0.192. The Kier molecular flexibility index (Phi) is 8.19. The maximum atomic E-state index is 14.1. The van der Waals surface area contributed by atoms with E-state index in [1.165, 1.54) is 36.5 Å². The van der Waals surface area contributed by atoms with Crippen LogP contribution in [0, 0.1) is 11.6 Å². The second kappa shape index (κ2) is 11.4. The molecular formula is C26H20BrF5N5O2+. The highest BCUT2D eigenvalue weighted by Crippen LogP contribution is 2.32. The van der Waals surface area contributed by atoms with Crippen LogP contribution in [-0.4, -0.2) is 40.3 Å². The van der Waals surface area contributed by atoms with Gasteiger partial charge in [-0.25, -0.2) is 8.78 Å². The highest BCUT2D eigenvalue weighted by Gasteiger charge is 2.46. The van der Waals surface area contributed by atoms with E-state index in [0.717, 1.165) is 16.8 Å². The molecule has 0 bridgehead atoms. The number of primary amides is 1. The van der Waals surface area contributed by atoms with Crippen LogP contribution < -0.4 is 11.1 Å². The number of hydrogen-bond acceptors (Lipinski definition) is 4. The van der Waals surface area contributed by atoms with Crippen molar-refractivity contribution in [2.45, 2.75) is 24.7 Å². The zero-order chi connectivity index (χ0) is 28.3. The summed E-state index contributed by atoms with van der Waals surface area (Å²) in [6.45, 7) is -0.548. The number of pyridine rings is 1. The molecule has 2 aromatic carbocycles. The summed E-state index contributed by atoms with van der Waals surface area (Å²) < 4.78 is 68.1. The molecule has 202 valence electrons. The molecule has 0 spiro atoms. The Balaban J connectivity index is 1.69. The summed E-state index contributed by atoms with van der Waals surface area (Å²) >= 11 is 3.00. The molecule has 13 heteroatoms. The number of nitrogens with one attached hydrogen (secondary N) is 1. The number of halogens is 6. The lowest BCUT2D eigenvalue weighted by molar-refractivity contribution is -0.521. The van der Waals surface area contributed by atoms with Crippen molar-refractivity contribution in [3.63, 3.8) is 0 Å². The predicted octanol–water partition coefficient (Wildman–Crippen LogP) is 5.17. The molecule has 1 aliphatic rings. The number of benzene rings is 2. The minimum absolute atomic E-state index is 0.0227. The first-order valence-corrected chi connectivity index (χ1v) is 12.2. The van der Waals surface area contributed by atoms with Crippen LogP contribution in [-0.2, 0) is 11.2 Å². The number of nitrogens with two attached hydrogens (primary N) is 1. The summed E-state index contributed by atoms with van der Waals surface area (Å²) in [6, 6.07) is 9.61. The Hall–Kier alpha value is -4.00. The first kappa shape index (κ1) is 28.0. The quantitative estimate of drug-likeness (QED) is 0.210. The molecule has 7 nitrogen and oxygen atoms in total. The fourth-order valence-electron chi connectivity index (χ4n) is 4.04. The predicted molar refractivity (Wildman–Crippen MR) is 134 cm³/mol. The van der Waals surface area contributed by atoms with Crippen molar-refractivity contribution >= 4 is 27.7 Å². The molecule has 1 aliphatic heterocycles. The summed E-state index contributed by atoms with van der Waals surface area (Å²) in [5.41, 5.74) is 6.53. The van der Waals surface area contributed by atoms with Crippen LogP contribution in [0.5, 0.6) is 0 Å². The van der Waals surface area contributed by atoms with Gasteiger partial charge in [0.2, 0.25) is 6.04 Å². The average Bonchev–Trinajstić information content (AvgIpc) is 3.24. The van der Waals surface area contributed by atoms with Crippen LogP contribution in [0.3, 0.4) is 0 Å². The van der Waals surface area contributed by atoms with Gasteiger partial charge in [-0.1, -0.05) is 29.0 Å². The molecular weight excluding hydrogens is 589 g/mol. The van der Waals surface area contributed by atoms with Gasteiger partial charge in [0.15, 0.2) is 0 Å². The molecule has 1 aromatic heterocycles. The number of carbonyl (C=O) groups is 2. The molecule has 3 N–H and O–H groups in total. The largest absolute Gasteiger partial charge is 0.420 e. The van der Waals surface area contributed by atoms with Gasteiger partial charge < -0.3 is 11.1 Å².